The third kappa shape index (κ3) is 8.06. The van der Waals surface area contributed by atoms with Crippen LogP contribution in [0.15, 0.2) is 91.0 Å². The van der Waals surface area contributed by atoms with Crippen LogP contribution in [0.1, 0.15) is 80.1 Å². The van der Waals surface area contributed by atoms with E-state index in [1.807, 2.05) is 12.1 Å². The molecule has 2 fully saturated rings. The number of ether oxygens (including phenoxy) is 1. The van der Waals surface area contributed by atoms with E-state index < -0.39 is 0 Å². The Balaban J connectivity index is 1.36. The summed E-state index contributed by atoms with van der Waals surface area (Å²) in [5.41, 5.74) is 3.58. The number of aliphatic hydroxyl groups is 2. The Bertz CT molecular complexity index is 1060. The fourth-order valence-electron chi connectivity index (χ4n) is 7.15. The number of likely N-dealkylation sites (tertiary alicyclic amines) is 2. The highest BCUT2D eigenvalue weighted by Crippen LogP contribution is 2.35. The number of rotatable bonds is 13. The smallest absolute Gasteiger partial charge is 0.0720 e. The Morgan fingerprint density at radius 3 is 1.49 bits per heavy atom. The van der Waals surface area contributed by atoms with Gasteiger partial charge in [0.2, 0.25) is 0 Å². The van der Waals surface area contributed by atoms with Crippen LogP contribution in [0.25, 0.3) is 0 Å². The highest BCUT2D eigenvalue weighted by atomic mass is 16.5. The molecule has 2 aliphatic heterocycles. The third-order valence-electron chi connectivity index (χ3n) is 9.26. The van der Waals surface area contributed by atoms with E-state index in [0.717, 1.165) is 38.8 Å². The molecule has 0 aromatic heterocycles. The predicted octanol–water partition coefficient (Wildman–Crippen LogP) is 6.53. The molecule has 5 rings (SSSR count). The first kappa shape index (κ1) is 29.9. The van der Waals surface area contributed by atoms with Gasteiger partial charge in [-0.15, -0.1) is 0 Å². The Morgan fingerprint density at radius 1 is 0.610 bits per heavy atom. The monoisotopic (exact) mass is 556 g/mol. The second-order valence-electron chi connectivity index (χ2n) is 11.9. The van der Waals surface area contributed by atoms with E-state index in [2.05, 4.69) is 88.7 Å². The molecule has 5 heteroatoms. The molecule has 0 saturated carbocycles. The largest absolute Gasteiger partial charge is 0.394 e. The van der Waals surface area contributed by atoms with Crippen LogP contribution in [0, 0.1) is 0 Å². The van der Waals surface area contributed by atoms with E-state index in [1.54, 1.807) is 0 Å². The zero-order chi connectivity index (χ0) is 28.3. The SMILES string of the molecule is OC[C@@H](c1ccccc1)N1CCCC[C@H]1CC(C[C@@H]1CCCCN1[C@@H](CO)c1ccccc1)OCc1ccccc1. The van der Waals surface area contributed by atoms with Gasteiger partial charge in [-0.25, -0.2) is 0 Å². The highest BCUT2D eigenvalue weighted by molar-refractivity contribution is 5.21. The van der Waals surface area contributed by atoms with Crippen LogP contribution < -0.4 is 0 Å². The number of piperidine rings is 2. The molecule has 2 heterocycles. The van der Waals surface area contributed by atoms with Crippen molar-refractivity contribution in [1.82, 2.24) is 9.80 Å². The summed E-state index contributed by atoms with van der Waals surface area (Å²) in [6, 6.07) is 32.2. The molecule has 0 bridgehead atoms. The van der Waals surface area contributed by atoms with Crippen molar-refractivity contribution in [2.24, 2.45) is 0 Å². The molecule has 41 heavy (non-hydrogen) atoms. The average Bonchev–Trinajstić information content (AvgIpc) is 3.04. The van der Waals surface area contributed by atoms with E-state index >= 15 is 0 Å². The van der Waals surface area contributed by atoms with E-state index in [0.29, 0.717) is 18.7 Å². The van der Waals surface area contributed by atoms with Crippen molar-refractivity contribution in [1.29, 1.82) is 0 Å². The van der Waals surface area contributed by atoms with Crippen LogP contribution in [0.5, 0.6) is 0 Å². The molecule has 0 spiro atoms. The second kappa shape index (κ2) is 15.6. The quantitative estimate of drug-likeness (QED) is 0.251. The van der Waals surface area contributed by atoms with Crippen LogP contribution in [0.4, 0.5) is 0 Å². The molecule has 4 atom stereocenters. The highest BCUT2D eigenvalue weighted by Gasteiger charge is 2.35. The van der Waals surface area contributed by atoms with Gasteiger partial charge in [0.1, 0.15) is 0 Å². The van der Waals surface area contributed by atoms with Crippen molar-refractivity contribution in [3.63, 3.8) is 0 Å². The van der Waals surface area contributed by atoms with Crippen LogP contribution in [0.3, 0.4) is 0 Å². The topological polar surface area (TPSA) is 56.2 Å². The van der Waals surface area contributed by atoms with E-state index in [9.17, 15) is 10.2 Å². The standard InChI is InChI=1S/C36H48N2O3/c39-26-35(30-16-6-2-7-17-30)37-22-12-10-20-32(37)24-34(41-28-29-14-4-1-5-15-29)25-33-21-11-13-23-38(33)36(27-40)31-18-8-3-9-19-31/h1-9,14-19,32-36,39-40H,10-13,20-28H2/t32-,33-,35-,36-/m0/s1. The van der Waals surface area contributed by atoms with E-state index in [1.165, 1.54) is 42.4 Å². The summed E-state index contributed by atoms with van der Waals surface area (Å²) in [4.78, 5) is 5.10. The van der Waals surface area contributed by atoms with Gasteiger partial charge in [-0.2, -0.15) is 0 Å². The molecule has 0 unspecified atom stereocenters. The fraction of sp³-hybridized carbons (Fsp3) is 0.500. The van der Waals surface area contributed by atoms with Crippen molar-refractivity contribution in [2.45, 2.75) is 88.2 Å². The first-order valence-electron chi connectivity index (χ1n) is 15.8. The van der Waals surface area contributed by atoms with Gasteiger partial charge in [0, 0.05) is 12.1 Å². The Labute approximate surface area is 246 Å². The van der Waals surface area contributed by atoms with Gasteiger partial charge in [0.15, 0.2) is 0 Å². The first-order chi connectivity index (χ1) is 20.3. The number of hydrogen-bond donors (Lipinski definition) is 2. The van der Waals surface area contributed by atoms with Gasteiger partial charge in [-0.3, -0.25) is 9.80 Å². The lowest BCUT2D eigenvalue weighted by Crippen LogP contribution is -2.48. The molecule has 3 aromatic carbocycles. The summed E-state index contributed by atoms with van der Waals surface area (Å²) < 4.78 is 6.79. The number of nitrogens with zero attached hydrogens (tertiary/aromatic N) is 2. The fourth-order valence-corrected chi connectivity index (χ4v) is 7.15. The molecular formula is C36H48N2O3. The maximum atomic E-state index is 10.5. The van der Waals surface area contributed by atoms with Gasteiger partial charge in [0.05, 0.1) is 38.0 Å². The lowest BCUT2D eigenvalue weighted by molar-refractivity contribution is -0.0378. The maximum absolute atomic E-state index is 10.5. The van der Waals surface area contributed by atoms with Crippen molar-refractivity contribution < 1.29 is 14.9 Å². The third-order valence-corrected chi connectivity index (χ3v) is 9.26. The van der Waals surface area contributed by atoms with Gasteiger partial charge < -0.3 is 14.9 Å². The van der Waals surface area contributed by atoms with Crippen LogP contribution >= 0.6 is 0 Å². The first-order valence-corrected chi connectivity index (χ1v) is 15.8. The summed E-state index contributed by atoms with van der Waals surface area (Å²) in [6.45, 7) is 2.87. The molecule has 5 nitrogen and oxygen atoms in total. The molecule has 2 aliphatic rings. The van der Waals surface area contributed by atoms with Gasteiger partial charge in [-0.05, 0) is 68.3 Å². The van der Waals surface area contributed by atoms with Crippen molar-refractivity contribution in [3.8, 4) is 0 Å². The Morgan fingerprint density at radius 2 is 1.05 bits per heavy atom. The lowest BCUT2D eigenvalue weighted by Gasteiger charge is -2.44. The second-order valence-corrected chi connectivity index (χ2v) is 11.9. The number of hydrogen-bond acceptors (Lipinski definition) is 5. The minimum absolute atomic E-state index is 0.0132. The maximum Gasteiger partial charge on any atom is 0.0720 e. The lowest BCUT2D eigenvalue weighted by atomic mass is 9.88. The molecule has 0 amide bonds. The summed E-state index contributed by atoms with van der Waals surface area (Å²) in [5, 5.41) is 21.0. The number of aliphatic hydroxyl groups excluding tert-OH is 2. The van der Waals surface area contributed by atoms with Crippen molar-refractivity contribution >= 4 is 0 Å². The number of benzene rings is 3. The van der Waals surface area contributed by atoms with Crippen molar-refractivity contribution in [3.05, 3.63) is 108 Å². The van der Waals surface area contributed by atoms with Crippen LogP contribution in [0.2, 0.25) is 0 Å². The van der Waals surface area contributed by atoms with Gasteiger partial charge in [0.25, 0.3) is 0 Å². The van der Waals surface area contributed by atoms with Crippen LogP contribution in [-0.2, 0) is 11.3 Å². The Kier molecular flexibility index (Phi) is 11.4. The molecule has 220 valence electrons. The van der Waals surface area contributed by atoms with Crippen molar-refractivity contribution in [2.75, 3.05) is 26.3 Å². The average molecular weight is 557 g/mol. The molecule has 2 N–H and O–H groups in total. The molecule has 0 aliphatic carbocycles. The van der Waals surface area contributed by atoms with Gasteiger partial charge in [-0.1, -0.05) is 104 Å². The van der Waals surface area contributed by atoms with Gasteiger partial charge >= 0.3 is 0 Å². The normalized spacial score (nSPS) is 22.0. The zero-order valence-electron chi connectivity index (χ0n) is 24.4. The summed E-state index contributed by atoms with van der Waals surface area (Å²) >= 11 is 0. The summed E-state index contributed by atoms with van der Waals surface area (Å²) in [7, 11) is 0. The Hall–Kier alpha value is -2.54. The molecule has 3 aromatic rings. The van der Waals surface area contributed by atoms with E-state index in [4.69, 9.17) is 4.74 Å². The molecular weight excluding hydrogens is 508 g/mol. The summed E-state index contributed by atoms with van der Waals surface area (Å²) in [5.74, 6) is 0. The van der Waals surface area contributed by atoms with Crippen LogP contribution in [-0.4, -0.2) is 64.5 Å². The minimum Gasteiger partial charge on any atom is -0.394 e. The summed E-state index contributed by atoms with van der Waals surface area (Å²) in [6.07, 6.45) is 9.04. The van der Waals surface area contributed by atoms with E-state index in [-0.39, 0.29) is 31.4 Å². The molecule has 2 saturated heterocycles. The minimum atomic E-state index is 0.0132. The molecule has 0 radical (unpaired) electrons. The predicted molar refractivity (Wildman–Crippen MR) is 165 cm³/mol. The zero-order valence-corrected chi connectivity index (χ0v) is 24.4.